The zero-order valence-electron chi connectivity index (χ0n) is 11.0. The normalized spacial score (nSPS) is 20.3. The number of nitrogens with zero attached hydrogens (tertiary/aromatic N) is 2. The van der Waals surface area contributed by atoms with Gasteiger partial charge in [-0.1, -0.05) is 0 Å². The molecule has 1 fully saturated rings. The quantitative estimate of drug-likeness (QED) is 0.436. The van der Waals surface area contributed by atoms with Crippen molar-refractivity contribution in [3.05, 3.63) is 28.3 Å². The molecule has 10 heteroatoms. The molecule has 1 aromatic carbocycles. The Bertz CT molecular complexity index is 647. The lowest BCUT2D eigenvalue weighted by molar-refractivity contribution is -0.383. The van der Waals surface area contributed by atoms with Crippen LogP contribution in [0.5, 0.6) is 0 Å². The van der Waals surface area contributed by atoms with E-state index in [2.05, 4.69) is 0 Å². The number of morpholine rings is 1. The molecule has 2 rings (SSSR count). The average Bonchev–Trinajstić information content (AvgIpc) is 2.46. The van der Waals surface area contributed by atoms with Crippen molar-refractivity contribution >= 4 is 21.4 Å². The van der Waals surface area contributed by atoms with Crippen LogP contribution in [0.3, 0.4) is 0 Å². The molecule has 0 saturated carbocycles. The number of ether oxygens (including phenoxy) is 1. The summed E-state index contributed by atoms with van der Waals surface area (Å²) < 4.78 is 31.2. The summed E-state index contributed by atoms with van der Waals surface area (Å²) in [5, 5.41) is 19.7. The van der Waals surface area contributed by atoms with Gasteiger partial charge in [-0.3, -0.25) is 10.1 Å². The average molecular weight is 317 g/mol. The fraction of sp³-hybridized carbons (Fsp3) is 0.455. The van der Waals surface area contributed by atoms with E-state index in [4.69, 9.17) is 15.6 Å². The molecule has 21 heavy (non-hydrogen) atoms. The Hall–Kier alpha value is -1.75. The van der Waals surface area contributed by atoms with Gasteiger partial charge in [-0.05, 0) is 12.1 Å². The van der Waals surface area contributed by atoms with Crippen molar-refractivity contribution in [1.82, 2.24) is 4.31 Å². The Labute approximate surface area is 121 Å². The number of nitro benzene ring substituents is 1. The van der Waals surface area contributed by atoms with Crippen LogP contribution in [-0.4, -0.2) is 55.2 Å². The van der Waals surface area contributed by atoms with Crippen LogP contribution in [0.25, 0.3) is 0 Å². The largest absolute Gasteiger partial charge is 0.394 e. The molecular formula is C11H15N3O6S. The zero-order chi connectivity index (χ0) is 15.6. The standard InChI is InChI=1S/C11H15N3O6S/c12-10-5-9(1-2-11(10)14(16)17)21(18,19)13-3-4-20-8(6-13)7-15/h1-2,5,8,15H,3-4,6-7,12H2. The van der Waals surface area contributed by atoms with Crippen LogP contribution < -0.4 is 5.73 Å². The molecule has 1 aliphatic heterocycles. The molecule has 1 saturated heterocycles. The van der Waals surface area contributed by atoms with E-state index in [0.717, 1.165) is 22.5 Å². The highest BCUT2D eigenvalue weighted by atomic mass is 32.2. The fourth-order valence-corrected chi connectivity index (χ4v) is 3.52. The highest BCUT2D eigenvalue weighted by molar-refractivity contribution is 7.89. The van der Waals surface area contributed by atoms with Crippen LogP contribution in [0.1, 0.15) is 0 Å². The molecule has 1 aromatic rings. The number of aliphatic hydroxyl groups excluding tert-OH is 1. The van der Waals surface area contributed by atoms with Crippen molar-refractivity contribution in [2.45, 2.75) is 11.0 Å². The highest BCUT2D eigenvalue weighted by Gasteiger charge is 2.31. The number of anilines is 1. The minimum absolute atomic E-state index is 0.0235. The molecular weight excluding hydrogens is 302 g/mol. The number of rotatable bonds is 4. The number of nitrogen functional groups attached to an aromatic ring is 1. The number of sulfonamides is 1. The number of benzene rings is 1. The van der Waals surface area contributed by atoms with Gasteiger partial charge in [0.1, 0.15) is 5.69 Å². The lowest BCUT2D eigenvalue weighted by Gasteiger charge is -2.31. The van der Waals surface area contributed by atoms with E-state index < -0.39 is 21.1 Å². The van der Waals surface area contributed by atoms with Crippen molar-refractivity contribution in [2.75, 3.05) is 32.0 Å². The molecule has 0 aromatic heterocycles. The smallest absolute Gasteiger partial charge is 0.292 e. The van der Waals surface area contributed by atoms with E-state index in [0.29, 0.717) is 0 Å². The number of hydrogen-bond donors (Lipinski definition) is 2. The van der Waals surface area contributed by atoms with E-state index in [1.807, 2.05) is 0 Å². The highest BCUT2D eigenvalue weighted by Crippen LogP contribution is 2.27. The van der Waals surface area contributed by atoms with Crippen molar-refractivity contribution in [3.63, 3.8) is 0 Å². The number of aliphatic hydroxyl groups is 1. The summed E-state index contributed by atoms with van der Waals surface area (Å²) in [6.45, 7) is 0.0623. The minimum atomic E-state index is -3.83. The van der Waals surface area contributed by atoms with Crippen molar-refractivity contribution in [3.8, 4) is 0 Å². The molecule has 0 bridgehead atoms. The molecule has 0 aliphatic carbocycles. The third kappa shape index (κ3) is 3.13. The topological polar surface area (TPSA) is 136 Å². The Morgan fingerprint density at radius 2 is 2.24 bits per heavy atom. The second-order valence-electron chi connectivity index (χ2n) is 4.52. The Morgan fingerprint density at radius 3 is 2.81 bits per heavy atom. The summed E-state index contributed by atoms with van der Waals surface area (Å²) in [5.74, 6) is 0. The van der Waals surface area contributed by atoms with Crippen LogP contribution >= 0.6 is 0 Å². The van der Waals surface area contributed by atoms with Gasteiger partial charge in [-0.15, -0.1) is 0 Å². The SMILES string of the molecule is Nc1cc(S(=O)(=O)N2CCOC(CO)C2)ccc1[N+](=O)[O-]. The second-order valence-corrected chi connectivity index (χ2v) is 6.45. The second kappa shape index (κ2) is 5.93. The van der Waals surface area contributed by atoms with Crippen molar-refractivity contribution < 1.29 is 23.2 Å². The van der Waals surface area contributed by atoms with E-state index in [-0.39, 0.29) is 42.6 Å². The van der Waals surface area contributed by atoms with Crippen LogP contribution in [0.15, 0.2) is 23.1 Å². The van der Waals surface area contributed by atoms with Gasteiger partial charge in [-0.25, -0.2) is 8.42 Å². The van der Waals surface area contributed by atoms with Crippen LogP contribution in [0.2, 0.25) is 0 Å². The van der Waals surface area contributed by atoms with Gasteiger partial charge in [0.25, 0.3) is 5.69 Å². The number of hydrogen-bond acceptors (Lipinski definition) is 7. The summed E-state index contributed by atoms with van der Waals surface area (Å²) in [6, 6.07) is 3.27. The Morgan fingerprint density at radius 1 is 1.52 bits per heavy atom. The first-order chi connectivity index (χ1) is 9.86. The molecule has 9 nitrogen and oxygen atoms in total. The van der Waals surface area contributed by atoms with Gasteiger partial charge in [-0.2, -0.15) is 4.31 Å². The van der Waals surface area contributed by atoms with Crippen molar-refractivity contribution in [1.29, 1.82) is 0 Å². The van der Waals surface area contributed by atoms with Gasteiger partial charge < -0.3 is 15.6 Å². The van der Waals surface area contributed by atoms with Gasteiger partial charge in [0.2, 0.25) is 10.0 Å². The first kappa shape index (κ1) is 15.6. The fourth-order valence-electron chi connectivity index (χ4n) is 2.03. The van der Waals surface area contributed by atoms with Gasteiger partial charge in [0.15, 0.2) is 0 Å². The van der Waals surface area contributed by atoms with Crippen LogP contribution in [-0.2, 0) is 14.8 Å². The maximum absolute atomic E-state index is 12.4. The predicted molar refractivity (Wildman–Crippen MR) is 73.1 cm³/mol. The van der Waals surface area contributed by atoms with E-state index >= 15 is 0 Å². The van der Waals surface area contributed by atoms with Crippen LogP contribution in [0.4, 0.5) is 11.4 Å². The Kier molecular flexibility index (Phi) is 4.42. The first-order valence-electron chi connectivity index (χ1n) is 6.13. The minimum Gasteiger partial charge on any atom is -0.394 e. The molecule has 1 heterocycles. The van der Waals surface area contributed by atoms with E-state index in [9.17, 15) is 18.5 Å². The lowest BCUT2D eigenvalue weighted by atomic mass is 10.3. The van der Waals surface area contributed by atoms with Gasteiger partial charge in [0.05, 0.1) is 29.1 Å². The molecule has 0 amide bonds. The third-order valence-corrected chi connectivity index (χ3v) is 5.00. The van der Waals surface area contributed by atoms with Gasteiger partial charge >= 0.3 is 0 Å². The first-order valence-corrected chi connectivity index (χ1v) is 7.57. The molecule has 3 N–H and O–H groups in total. The Balaban J connectivity index is 2.31. The summed E-state index contributed by atoms with van der Waals surface area (Å²) in [5.41, 5.74) is 4.95. The molecule has 1 unspecified atom stereocenters. The van der Waals surface area contributed by atoms with Gasteiger partial charge in [0, 0.05) is 19.2 Å². The maximum atomic E-state index is 12.4. The van der Waals surface area contributed by atoms with E-state index in [1.54, 1.807) is 0 Å². The molecule has 1 atom stereocenters. The molecule has 1 aliphatic rings. The van der Waals surface area contributed by atoms with Crippen molar-refractivity contribution in [2.24, 2.45) is 0 Å². The zero-order valence-corrected chi connectivity index (χ0v) is 11.8. The summed E-state index contributed by atoms with van der Waals surface area (Å²) in [6.07, 6.45) is -0.580. The summed E-state index contributed by atoms with van der Waals surface area (Å²) in [7, 11) is -3.83. The summed E-state index contributed by atoms with van der Waals surface area (Å²) in [4.78, 5) is 9.89. The third-order valence-electron chi connectivity index (χ3n) is 3.14. The summed E-state index contributed by atoms with van der Waals surface area (Å²) >= 11 is 0. The molecule has 116 valence electrons. The molecule has 0 radical (unpaired) electrons. The van der Waals surface area contributed by atoms with Crippen LogP contribution in [0, 0.1) is 10.1 Å². The maximum Gasteiger partial charge on any atom is 0.292 e. The number of nitrogens with two attached hydrogens (primary N) is 1. The predicted octanol–water partition coefficient (Wildman–Crippen LogP) is -0.441. The lowest BCUT2D eigenvalue weighted by Crippen LogP contribution is -2.46. The van der Waals surface area contributed by atoms with E-state index in [1.165, 1.54) is 0 Å². The molecule has 0 spiro atoms. The number of nitro groups is 1. The monoisotopic (exact) mass is 317 g/mol.